The molecule has 1 aromatic rings. The van der Waals surface area contributed by atoms with E-state index in [0.29, 0.717) is 31.7 Å². The molecule has 1 atom stereocenters. The highest BCUT2D eigenvalue weighted by Gasteiger charge is 2.35. The summed E-state index contributed by atoms with van der Waals surface area (Å²) in [6.07, 6.45) is 4.92. The Morgan fingerprint density at radius 2 is 1.76 bits per heavy atom. The largest absolute Gasteiger partial charge is 0.356 e. The summed E-state index contributed by atoms with van der Waals surface area (Å²) < 4.78 is 0. The molecular formula is C30H45N3O4. The maximum Gasteiger partial charge on any atom is 0.230 e. The summed E-state index contributed by atoms with van der Waals surface area (Å²) in [5, 5.41) is 5.74. The van der Waals surface area contributed by atoms with E-state index >= 15 is 0 Å². The highest BCUT2D eigenvalue weighted by molar-refractivity contribution is 5.92. The second-order valence-corrected chi connectivity index (χ2v) is 10.8. The fourth-order valence-electron chi connectivity index (χ4n) is 4.46. The zero-order valence-corrected chi connectivity index (χ0v) is 23.3. The van der Waals surface area contributed by atoms with Gasteiger partial charge in [-0.15, -0.1) is 0 Å². The number of aryl methyl sites for hydroxylation is 2. The van der Waals surface area contributed by atoms with Crippen LogP contribution >= 0.6 is 0 Å². The molecule has 0 saturated carbocycles. The van der Waals surface area contributed by atoms with Crippen LogP contribution in [0.15, 0.2) is 30.5 Å². The summed E-state index contributed by atoms with van der Waals surface area (Å²) in [6, 6.07) is 5.86. The Labute approximate surface area is 222 Å². The SMILES string of the molecule is C=C1CC(C(C)C)C(=O)N1CCCCCC(=O)NCCC(=O)Nc1cc(CCC(=O)C(C)C)ccc1C. The van der Waals surface area contributed by atoms with Crippen molar-refractivity contribution in [1.82, 2.24) is 10.2 Å². The summed E-state index contributed by atoms with van der Waals surface area (Å²) in [5.41, 5.74) is 3.61. The summed E-state index contributed by atoms with van der Waals surface area (Å²) in [6.45, 7) is 14.9. The van der Waals surface area contributed by atoms with Crippen LogP contribution in [0, 0.1) is 24.7 Å². The Bertz CT molecular complexity index is 983. The van der Waals surface area contributed by atoms with Gasteiger partial charge in [-0.1, -0.05) is 52.8 Å². The molecule has 1 aliphatic heterocycles. The molecule has 7 nitrogen and oxygen atoms in total. The Balaban J connectivity index is 1.63. The Morgan fingerprint density at radius 1 is 1.03 bits per heavy atom. The van der Waals surface area contributed by atoms with Crippen LogP contribution in [0.5, 0.6) is 0 Å². The number of Topliss-reactive ketones (excluding diaryl/α,β-unsaturated/α-hetero) is 1. The predicted molar refractivity (Wildman–Crippen MR) is 148 cm³/mol. The van der Waals surface area contributed by atoms with Gasteiger partial charge in [-0.2, -0.15) is 0 Å². The van der Waals surface area contributed by atoms with Crippen molar-refractivity contribution in [3.8, 4) is 0 Å². The van der Waals surface area contributed by atoms with Crippen molar-refractivity contribution in [3.05, 3.63) is 41.6 Å². The highest BCUT2D eigenvalue weighted by Crippen LogP contribution is 2.32. The fraction of sp³-hybridized carbons (Fsp3) is 0.600. The van der Waals surface area contributed by atoms with Gasteiger partial charge in [0.1, 0.15) is 5.78 Å². The number of allylic oxidation sites excluding steroid dienone is 1. The second-order valence-electron chi connectivity index (χ2n) is 10.8. The molecular weight excluding hydrogens is 466 g/mol. The highest BCUT2D eigenvalue weighted by atomic mass is 16.2. The van der Waals surface area contributed by atoms with Gasteiger partial charge in [0.15, 0.2) is 0 Å². The van der Waals surface area contributed by atoms with Crippen molar-refractivity contribution in [2.45, 2.75) is 86.0 Å². The van der Waals surface area contributed by atoms with Crippen molar-refractivity contribution in [2.24, 2.45) is 17.8 Å². The molecule has 1 aliphatic rings. The van der Waals surface area contributed by atoms with Gasteiger partial charge in [-0.3, -0.25) is 19.2 Å². The summed E-state index contributed by atoms with van der Waals surface area (Å²) in [7, 11) is 0. The Morgan fingerprint density at radius 3 is 2.41 bits per heavy atom. The van der Waals surface area contributed by atoms with Crippen molar-refractivity contribution in [3.63, 3.8) is 0 Å². The number of carbonyl (C=O) groups is 4. The van der Waals surface area contributed by atoms with Crippen LogP contribution in [0.1, 0.15) is 83.8 Å². The van der Waals surface area contributed by atoms with Gasteiger partial charge in [0.25, 0.3) is 0 Å². The molecule has 1 fully saturated rings. The molecule has 1 aromatic carbocycles. The lowest BCUT2D eigenvalue weighted by Gasteiger charge is -2.18. The molecule has 0 bridgehead atoms. The monoisotopic (exact) mass is 511 g/mol. The second kappa shape index (κ2) is 14.7. The lowest BCUT2D eigenvalue weighted by Crippen LogP contribution is -2.29. The van der Waals surface area contributed by atoms with E-state index in [0.717, 1.165) is 48.2 Å². The van der Waals surface area contributed by atoms with E-state index in [2.05, 4.69) is 31.1 Å². The molecule has 0 aliphatic carbocycles. The van der Waals surface area contributed by atoms with Gasteiger partial charge < -0.3 is 15.5 Å². The number of hydrogen-bond acceptors (Lipinski definition) is 4. The van der Waals surface area contributed by atoms with E-state index in [-0.39, 0.29) is 48.3 Å². The van der Waals surface area contributed by atoms with Crippen molar-refractivity contribution >= 4 is 29.2 Å². The summed E-state index contributed by atoms with van der Waals surface area (Å²) in [4.78, 5) is 50.8. The molecule has 0 spiro atoms. The number of carbonyl (C=O) groups excluding carboxylic acids is 4. The molecule has 0 radical (unpaired) electrons. The molecule has 204 valence electrons. The van der Waals surface area contributed by atoms with Crippen molar-refractivity contribution in [1.29, 1.82) is 0 Å². The topological polar surface area (TPSA) is 95.6 Å². The van der Waals surface area contributed by atoms with E-state index in [4.69, 9.17) is 0 Å². The first-order valence-corrected chi connectivity index (χ1v) is 13.7. The van der Waals surface area contributed by atoms with Crippen molar-refractivity contribution in [2.75, 3.05) is 18.4 Å². The molecule has 1 saturated heterocycles. The number of hydrogen-bond donors (Lipinski definition) is 2. The quantitative estimate of drug-likeness (QED) is 0.317. The predicted octanol–water partition coefficient (Wildman–Crippen LogP) is 5.18. The van der Waals surface area contributed by atoms with Gasteiger partial charge in [0.2, 0.25) is 17.7 Å². The zero-order valence-electron chi connectivity index (χ0n) is 23.3. The third kappa shape index (κ3) is 9.78. The van der Waals surface area contributed by atoms with E-state index < -0.39 is 0 Å². The van der Waals surface area contributed by atoms with E-state index in [1.807, 2.05) is 43.9 Å². The molecule has 7 heteroatoms. The van der Waals surface area contributed by atoms with Crippen LogP contribution in [-0.4, -0.2) is 41.5 Å². The molecule has 37 heavy (non-hydrogen) atoms. The molecule has 1 heterocycles. The minimum Gasteiger partial charge on any atom is -0.356 e. The van der Waals surface area contributed by atoms with Crippen molar-refractivity contribution < 1.29 is 19.2 Å². The number of amides is 3. The standard InChI is InChI=1S/C30H45N3O4/c1-20(2)25-18-23(6)33(30(25)37)17-9-7-8-10-28(35)31-16-15-29(36)32-26-19-24(12-11-22(26)5)13-14-27(34)21(3)4/h11-12,19-21,25H,6-10,13-18H2,1-5H3,(H,31,35)(H,32,36). The van der Waals surface area contributed by atoms with Crippen LogP contribution in [0.3, 0.4) is 0 Å². The number of nitrogens with zero attached hydrogens (tertiary/aromatic N) is 1. The first kappa shape index (κ1) is 30.3. The molecule has 2 rings (SSSR count). The first-order chi connectivity index (χ1) is 17.5. The van der Waals surface area contributed by atoms with Crippen LogP contribution in [0.2, 0.25) is 0 Å². The maximum atomic E-state index is 12.5. The van der Waals surface area contributed by atoms with Crippen LogP contribution in [0.25, 0.3) is 0 Å². The third-order valence-electron chi connectivity index (χ3n) is 7.07. The van der Waals surface area contributed by atoms with E-state index in [1.54, 1.807) is 0 Å². The van der Waals surface area contributed by atoms with Gasteiger partial charge in [0.05, 0.1) is 0 Å². The normalized spacial score (nSPS) is 15.5. The minimum atomic E-state index is -0.158. The van der Waals surface area contributed by atoms with Gasteiger partial charge in [0, 0.05) is 55.6 Å². The average molecular weight is 512 g/mol. The number of likely N-dealkylation sites (tertiary alicyclic amines) is 1. The number of rotatable bonds is 15. The zero-order chi connectivity index (χ0) is 27.5. The van der Waals surface area contributed by atoms with Crippen LogP contribution in [0.4, 0.5) is 5.69 Å². The number of unbranched alkanes of at least 4 members (excludes halogenated alkanes) is 2. The molecule has 3 amide bonds. The number of benzene rings is 1. The summed E-state index contributed by atoms with van der Waals surface area (Å²) in [5.74, 6) is 0.577. The van der Waals surface area contributed by atoms with Gasteiger partial charge in [-0.05, 0) is 55.7 Å². The van der Waals surface area contributed by atoms with Crippen LogP contribution in [-0.2, 0) is 25.6 Å². The smallest absolute Gasteiger partial charge is 0.230 e. The van der Waals surface area contributed by atoms with Gasteiger partial charge >= 0.3 is 0 Å². The Hall–Kier alpha value is -2.96. The number of anilines is 1. The third-order valence-corrected chi connectivity index (χ3v) is 7.07. The van der Waals surface area contributed by atoms with E-state index in [1.165, 1.54) is 0 Å². The van der Waals surface area contributed by atoms with Gasteiger partial charge in [-0.25, -0.2) is 0 Å². The minimum absolute atomic E-state index is 0.0265. The average Bonchev–Trinajstić information content (AvgIpc) is 3.12. The molecule has 1 unspecified atom stereocenters. The number of ketones is 1. The lowest BCUT2D eigenvalue weighted by atomic mass is 9.94. The van der Waals surface area contributed by atoms with E-state index in [9.17, 15) is 19.2 Å². The first-order valence-electron chi connectivity index (χ1n) is 13.7. The lowest BCUT2D eigenvalue weighted by molar-refractivity contribution is -0.131. The Kier molecular flexibility index (Phi) is 12.0. The molecule has 2 N–H and O–H groups in total. The fourth-order valence-corrected chi connectivity index (χ4v) is 4.46. The van der Waals surface area contributed by atoms with Crippen LogP contribution < -0.4 is 10.6 Å². The summed E-state index contributed by atoms with van der Waals surface area (Å²) >= 11 is 0. The number of nitrogens with one attached hydrogen (secondary N) is 2. The molecule has 0 aromatic heterocycles. The maximum absolute atomic E-state index is 12.5.